The number of piperazine rings is 1. The molecule has 4 aromatic rings. The van der Waals surface area contributed by atoms with Crippen LogP contribution in [0.3, 0.4) is 0 Å². The summed E-state index contributed by atoms with van der Waals surface area (Å²) in [5.74, 6) is 0.826. The highest BCUT2D eigenvalue weighted by molar-refractivity contribution is 5.87. The quantitative estimate of drug-likeness (QED) is 0.521. The van der Waals surface area contributed by atoms with Crippen LogP contribution >= 0.6 is 0 Å². The molecule has 10 nitrogen and oxygen atoms in total. The summed E-state index contributed by atoms with van der Waals surface area (Å²) in [6, 6.07) is 8.28. The van der Waals surface area contributed by atoms with Crippen molar-refractivity contribution in [3.8, 4) is 28.3 Å². The summed E-state index contributed by atoms with van der Waals surface area (Å²) >= 11 is 0. The third-order valence-corrected chi connectivity index (χ3v) is 6.57. The van der Waals surface area contributed by atoms with Gasteiger partial charge in [-0.1, -0.05) is 0 Å². The Balaban J connectivity index is 1.37. The van der Waals surface area contributed by atoms with Gasteiger partial charge in [0.25, 0.3) is 0 Å². The molecule has 0 aliphatic carbocycles. The molecule has 1 N–H and O–H groups in total. The van der Waals surface area contributed by atoms with Gasteiger partial charge in [0.15, 0.2) is 0 Å². The van der Waals surface area contributed by atoms with Gasteiger partial charge in [-0.2, -0.15) is 15.5 Å². The van der Waals surface area contributed by atoms with E-state index in [1.807, 2.05) is 37.6 Å². The number of carbonyl (C=O) groups is 1. The molecule has 2 atom stereocenters. The number of piperidine rings is 1. The smallest absolute Gasteiger partial charge is 0.407 e. The molecule has 164 valence electrons. The van der Waals surface area contributed by atoms with Crippen LogP contribution in [0, 0.1) is 11.3 Å². The number of hydrogen-bond acceptors (Lipinski definition) is 6. The predicted octanol–water partition coefficient (Wildman–Crippen LogP) is 2.61. The van der Waals surface area contributed by atoms with Crippen LogP contribution in [0.1, 0.15) is 12.0 Å². The molecule has 33 heavy (non-hydrogen) atoms. The highest BCUT2D eigenvalue weighted by atomic mass is 16.4. The standard InChI is InChI=1S/C23H20N8O2/c1-28-10-17(9-26-28)15-4-20(22-16(6-24)8-27-30(22)11-15)14-2-3-21(25-7-14)29-12-18-5-19(13-29)31(18)23(32)33/h2-4,7-11,18-19H,5,12-13H2,1H3,(H,32,33). The normalized spacial score (nSPS) is 19.4. The maximum Gasteiger partial charge on any atom is 0.407 e. The highest BCUT2D eigenvalue weighted by Gasteiger charge is 2.47. The fraction of sp³-hybridized carbons (Fsp3) is 0.261. The van der Waals surface area contributed by atoms with E-state index in [-0.39, 0.29) is 12.1 Å². The van der Waals surface area contributed by atoms with Gasteiger partial charge in [-0.15, -0.1) is 0 Å². The third-order valence-electron chi connectivity index (χ3n) is 6.57. The number of hydrogen-bond donors (Lipinski definition) is 1. The fourth-order valence-corrected chi connectivity index (χ4v) is 4.99. The molecule has 3 saturated heterocycles. The minimum Gasteiger partial charge on any atom is -0.465 e. The molecule has 2 unspecified atom stereocenters. The second kappa shape index (κ2) is 7.06. The molecule has 7 rings (SSSR count). The lowest BCUT2D eigenvalue weighted by Gasteiger charge is -2.55. The van der Waals surface area contributed by atoms with Gasteiger partial charge < -0.3 is 10.0 Å². The number of fused-ring (bicyclic) bond motifs is 3. The number of carboxylic acid groups (broad SMARTS) is 1. The van der Waals surface area contributed by atoms with E-state index in [2.05, 4.69) is 26.2 Å². The van der Waals surface area contributed by atoms with Crippen LogP contribution in [0.25, 0.3) is 27.8 Å². The number of amides is 1. The lowest BCUT2D eigenvalue weighted by molar-refractivity contribution is 0.0112. The largest absolute Gasteiger partial charge is 0.465 e. The Bertz CT molecular complexity index is 1420. The number of nitrogens with zero attached hydrogens (tertiary/aromatic N) is 8. The molecule has 0 aromatic carbocycles. The molecule has 10 heteroatoms. The van der Waals surface area contributed by atoms with Crippen LogP contribution in [0.15, 0.2) is 49.2 Å². The first kappa shape index (κ1) is 19.3. The lowest BCUT2D eigenvalue weighted by Crippen LogP contribution is -2.70. The van der Waals surface area contributed by atoms with E-state index in [0.717, 1.165) is 40.0 Å². The Morgan fingerprint density at radius 2 is 1.91 bits per heavy atom. The highest BCUT2D eigenvalue weighted by Crippen LogP contribution is 2.35. The van der Waals surface area contributed by atoms with Gasteiger partial charge in [0.1, 0.15) is 11.9 Å². The zero-order valence-electron chi connectivity index (χ0n) is 17.8. The summed E-state index contributed by atoms with van der Waals surface area (Å²) in [4.78, 5) is 19.7. The van der Waals surface area contributed by atoms with Crippen molar-refractivity contribution in [1.82, 2.24) is 29.3 Å². The molecule has 7 heterocycles. The maximum atomic E-state index is 11.4. The molecule has 0 saturated carbocycles. The van der Waals surface area contributed by atoms with E-state index < -0.39 is 6.09 Å². The second-order valence-corrected chi connectivity index (χ2v) is 8.55. The Morgan fingerprint density at radius 1 is 1.09 bits per heavy atom. The molecule has 4 aromatic heterocycles. The van der Waals surface area contributed by atoms with Gasteiger partial charge in [0.2, 0.25) is 0 Å². The number of nitriles is 1. The fourth-order valence-electron chi connectivity index (χ4n) is 4.99. The van der Waals surface area contributed by atoms with E-state index >= 15 is 0 Å². The van der Waals surface area contributed by atoms with Crippen LogP contribution < -0.4 is 4.90 Å². The van der Waals surface area contributed by atoms with E-state index in [0.29, 0.717) is 18.7 Å². The summed E-state index contributed by atoms with van der Waals surface area (Å²) < 4.78 is 3.47. The number of pyridine rings is 2. The Morgan fingerprint density at radius 3 is 2.55 bits per heavy atom. The molecular formula is C23H20N8O2. The monoisotopic (exact) mass is 440 g/mol. The van der Waals surface area contributed by atoms with Crippen molar-refractivity contribution in [3.05, 3.63) is 54.7 Å². The number of aryl methyl sites for hydroxylation is 1. The summed E-state index contributed by atoms with van der Waals surface area (Å²) in [6.45, 7) is 1.30. The second-order valence-electron chi connectivity index (χ2n) is 8.55. The van der Waals surface area contributed by atoms with Crippen molar-refractivity contribution in [2.24, 2.45) is 7.05 Å². The van der Waals surface area contributed by atoms with E-state index in [9.17, 15) is 15.2 Å². The van der Waals surface area contributed by atoms with Crippen molar-refractivity contribution < 1.29 is 9.90 Å². The van der Waals surface area contributed by atoms with Crippen molar-refractivity contribution in [2.45, 2.75) is 18.5 Å². The number of rotatable bonds is 3. The molecule has 3 aliphatic rings. The summed E-state index contributed by atoms with van der Waals surface area (Å²) in [6.07, 6.45) is 9.07. The van der Waals surface area contributed by atoms with E-state index in [1.165, 1.54) is 0 Å². The van der Waals surface area contributed by atoms with Crippen LogP contribution in [0.2, 0.25) is 0 Å². The summed E-state index contributed by atoms with van der Waals surface area (Å²) in [5.41, 5.74) is 4.86. The molecule has 0 spiro atoms. The van der Waals surface area contributed by atoms with Crippen molar-refractivity contribution in [2.75, 3.05) is 18.0 Å². The van der Waals surface area contributed by atoms with Gasteiger partial charge in [0.05, 0.1) is 35.6 Å². The Labute approximate surface area is 188 Å². The van der Waals surface area contributed by atoms with Gasteiger partial charge in [0, 0.05) is 61.0 Å². The molecule has 3 aliphatic heterocycles. The van der Waals surface area contributed by atoms with Gasteiger partial charge in [-0.25, -0.2) is 14.3 Å². The first-order valence-corrected chi connectivity index (χ1v) is 10.6. The van der Waals surface area contributed by atoms with Crippen LogP contribution in [0.4, 0.5) is 10.6 Å². The molecule has 2 bridgehead atoms. The molecule has 1 amide bonds. The van der Waals surface area contributed by atoms with E-state index in [1.54, 1.807) is 32.7 Å². The average molecular weight is 440 g/mol. The SMILES string of the molecule is Cn1cc(-c2cc(-c3ccc(N4CC5CC(C4)N5C(=O)O)nc3)c3c(C#N)cnn3c2)cn1. The molecular weight excluding hydrogens is 420 g/mol. The van der Waals surface area contributed by atoms with E-state index in [4.69, 9.17) is 0 Å². The van der Waals surface area contributed by atoms with Crippen molar-refractivity contribution in [1.29, 1.82) is 5.26 Å². The average Bonchev–Trinajstić information content (AvgIpc) is 3.44. The maximum absolute atomic E-state index is 11.4. The molecule has 3 fully saturated rings. The lowest BCUT2D eigenvalue weighted by atomic mass is 9.88. The first-order valence-electron chi connectivity index (χ1n) is 10.6. The zero-order valence-corrected chi connectivity index (χ0v) is 17.8. The van der Waals surface area contributed by atoms with Crippen LogP contribution in [-0.4, -0.2) is 65.7 Å². The predicted molar refractivity (Wildman–Crippen MR) is 120 cm³/mol. The zero-order chi connectivity index (χ0) is 22.7. The Hall–Kier alpha value is -4.39. The van der Waals surface area contributed by atoms with Crippen molar-refractivity contribution >= 4 is 17.4 Å². The molecule has 0 radical (unpaired) electrons. The summed E-state index contributed by atoms with van der Waals surface area (Å²) in [7, 11) is 1.87. The van der Waals surface area contributed by atoms with Crippen LogP contribution in [0.5, 0.6) is 0 Å². The number of anilines is 1. The Kier molecular flexibility index (Phi) is 4.13. The van der Waals surface area contributed by atoms with Crippen molar-refractivity contribution in [3.63, 3.8) is 0 Å². The summed E-state index contributed by atoms with van der Waals surface area (Å²) in [5, 5.41) is 27.6. The van der Waals surface area contributed by atoms with Gasteiger partial charge in [-0.05, 0) is 24.6 Å². The van der Waals surface area contributed by atoms with Crippen LogP contribution in [-0.2, 0) is 7.05 Å². The third kappa shape index (κ3) is 3.01. The van der Waals surface area contributed by atoms with Gasteiger partial charge >= 0.3 is 6.09 Å². The topological polar surface area (TPSA) is 116 Å². The first-order chi connectivity index (χ1) is 16.0. The van der Waals surface area contributed by atoms with Gasteiger partial charge in [-0.3, -0.25) is 9.58 Å². The number of aromatic nitrogens is 5. The minimum atomic E-state index is -0.842. The minimum absolute atomic E-state index is 0.0310.